The molecule has 0 saturated carbocycles. The number of hydrogen-bond donors (Lipinski definition) is 0. The van der Waals surface area contributed by atoms with E-state index in [9.17, 15) is 14.0 Å². The first-order chi connectivity index (χ1) is 16.6. The van der Waals surface area contributed by atoms with E-state index in [1.807, 2.05) is 39.8 Å². The number of aromatic nitrogens is 3. The van der Waals surface area contributed by atoms with Crippen molar-refractivity contribution in [3.8, 4) is 0 Å². The number of halogens is 1. The van der Waals surface area contributed by atoms with Crippen molar-refractivity contribution in [2.45, 2.75) is 26.3 Å². The molecular weight excluding hydrogens is 435 g/mol. The summed E-state index contributed by atoms with van der Waals surface area (Å²) in [6, 6.07) is 10.4. The average Bonchev–Trinajstić information content (AvgIpc) is 2.88. The van der Waals surface area contributed by atoms with Crippen molar-refractivity contribution in [1.29, 1.82) is 0 Å². The molecule has 34 heavy (non-hydrogen) atoms. The molecule has 2 aliphatic heterocycles. The molecule has 2 fully saturated rings. The molecule has 0 radical (unpaired) electrons. The number of piperidine rings is 1. The number of amides is 1. The quantitative estimate of drug-likeness (QED) is 0.591. The van der Waals surface area contributed by atoms with Crippen LogP contribution in [-0.2, 0) is 11.3 Å². The Hall–Kier alpha value is -3.49. The zero-order chi connectivity index (χ0) is 23.7. The fourth-order valence-electron chi connectivity index (χ4n) is 5.07. The topological polar surface area (TPSA) is 74.6 Å². The van der Waals surface area contributed by atoms with Crippen molar-refractivity contribution in [1.82, 2.24) is 19.4 Å². The number of aryl methyl sites for hydroxylation is 1. The molecular formula is C25H29FN6O2. The smallest absolute Gasteiger partial charge is 0.295 e. The lowest BCUT2D eigenvalue weighted by Crippen LogP contribution is -2.53. The molecule has 0 bridgehead atoms. The van der Waals surface area contributed by atoms with Gasteiger partial charge >= 0.3 is 0 Å². The van der Waals surface area contributed by atoms with Crippen LogP contribution < -0.4 is 15.4 Å². The minimum absolute atomic E-state index is 0.108. The number of hydrogen-bond acceptors (Lipinski definition) is 6. The highest BCUT2D eigenvalue weighted by Crippen LogP contribution is 2.25. The van der Waals surface area contributed by atoms with Crippen LogP contribution in [-0.4, -0.2) is 64.6 Å². The van der Waals surface area contributed by atoms with Crippen LogP contribution in [0.15, 0.2) is 47.4 Å². The van der Waals surface area contributed by atoms with Gasteiger partial charge in [-0.05, 0) is 44.0 Å². The van der Waals surface area contributed by atoms with Crippen LogP contribution in [0.3, 0.4) is 0 Å². The minimum atomic E-state index is -0.235. The van der Waals surface area contributed by atoms with Crippen molar-refractivity contribution in [3.05, 3.63) is 58.8 Å². The fraction of sp³-hybridized carbons (Fsp3) is 0.440. The summed E-state index contributed by atoms with van der Waals surface area (Å²) in [5.41, 5.74) is 1.68. The first-order valence-corrected chi connectivity index (χ1v) is 12.0. The third-order valence-corrected chi connectivity index (χ3v) is 6.86. The summed E-state index contributed by atoms with van der Waals surface area (Å²) >= 11 is 0. The van der Waals surface area contributed by atoms with E-state index in [2.05, 4.69) is 9.97 Å². The third-order valence-electron chi connectivity index (χ3n) is 6.86. The first kappa shape index (κ1) is 22.3. The van der Waals surface area contributed by atoms with Gasteiger partial charge in [-0.3, -0.25) is 14.2 Å². The molecule has 8 nitrogen and oxygen atoms in total. The van der Waals surface area contributed by atoms with Gasteiger partial charge in [0.25, 0.3) is 5.56 Å². The molecule has 1 amide bonds. The molecule has 1 aromatic carbocycles. The SMILES string of the molecule is CCn1c(=O)c(N2CCCC(C(=O)N3CCN(c4ccccc4F)CC3)C2)nc2cccnc21. The number of nitrogens with zero attached hydrogens (tertiary/aromatic N) is 6. The lowest BCUT2D eigenvalue weighted by Gasteiger charge is -2.40. The predicted molar refractivity (Wildman–Crippen MR) is 130 cm³/mol. The number of pyridine rings is 1. The monoisotopic (exact) mass is 464 g/mol. The summed E-state index contributed by atoms with van der Waals surface area (Å²) in [6.45, 7) is 5.92. The molecule has 9 heteroatoms. The standard InChI is InChI=1S/C25H29FN6O2/c1-2-32-22-20(9-5-11-27-22)28-23(25(32)34)31-12-6-7-18(17-31)24(33)30-15-13-29(14-16-30)21-10-4-3-8-19(21)26/h3-5,8-11,18H,2,6-7,12-17H2,1H3. The number of anilines is 2. The second-order valence-electron chi connectivity index (χ2n) is 8.88. The highest BCUT2D eigenvalue weighted by Gasteiger charge is 2.33. The highest BCUT2D eigenvalue weighted by molar-refractivity contribution is 5.80. The van der Waals surface area contributed by atoms with E-state index >= 15 is 0 Å². The van der Waals surface area contributed by atoms with Gasteiger partial charge in [0.15, 0.2) is 11.5 Å². The third kappa shape index (κ3) is 4.10. The summed E-state index contributed by atoms with van der Waals surface area (Å²) in [7, 11) is 0. The van der Waals surface area contributed by atoms with Crippen LogP contribution in [0.2, 0.25) is 0 Å². The van der Waals surface area contributed by atoms with Gasteiger partial charge in [0.05, 0.1) is 11.6 Å². The molecule has 5 rings (SSSR count). The summed E-state index contributed by atoms with van der Waals surface area (Å²) in [5, 5.41) is 0. The molecule has 0 spiro atoms. The predicted octanol–water partition coefficient (Wildman–Crippen LogP) is 2.52. The number of rotatable bonds is 4. The maximum absolute atomic E-state index is 14.1. The van der Waals surface area contributed by atoms with Gasteiger partial charge in [0, 0.05) is 52.0 Å². The molecule has 4 heterocycles. The fourth-order valence-corrected chi connectivity index (χ4v) is 5.07. The molecule has 1 atom stereocenters. The molecule has 3 aromatic rings. The van der Waals surface area contributed by atoms with Crippen LogP contribution in [0.4, 0.5) is 15.9 Å². The number of carbonyl (C=O) groups is 1. The van der Waals surface area contributed by atoms with Crippen molar-refractivity contribution >= 4 is 28.6 Å². The van der Waals surface area contributed by atoms with E-state index in [4.69, 9.17) is 0 Å². The molecule has 0 aliphatic carbocycles. The van der Waals surface area contributed by atoms with E-state index in [-0.39, 0.29) is 23.2 Å². The van der Waals surface area contributed by atoms with E-state index in [1.54, 1.807) is 22.9 Å². The van der Waals surface area contributed by atoms with Gasteiger partial charge < -0.3 is 14.7 Å². The normalized spacial score (nSPS) is 19.0. The van der Waals surface area contributed by atoms with Gasteiger partial charge in [-0.25, -0.2) is 14.4 Å². The number of para-hydroxylation sites is 1. The second-order valence-corrected chi connectivity index (χ2v) is 8.88. The largest absolute Gasteiger partial charge is 0.366 e. The number of carbonyl (C=O) groups excluding carboxylic acids is 1. The molecule has 1 unspecified atom stereocenters. The van der Waals surface area contributed by atoms with E-state index in [1.165, 1.54) is 6.07 Å². The van der Waals surface area contributed by atoms with Crippen molar-refractivity contribution in [3.63, 3.8) is 0 Å². The van der Waals surface area contributed by atoms with Crippen LogP contribution in [0.5, 0.6) is 0 Å². The maximum atomic E-state index is 14.1. The second kappa shape index (κ2) is 9.40. The van der Waals surface area contributed by atoms with E-state index in [0.29, 0.717) is 68.5 Å². The Morgan fingerprint density at radius 1 is 1.06 bits per heavy atom. The summed E-state index contributed by atoms with van der Waals surface area (Å²) in [4.78, 5) is 41.3. The van der Waals surface area contributed by atoms with Gasteiger partial charge in [-0.2, -0.15) is 0 Å². The zero-order valence-corrected chi connectivity index (χ0v) is 19.4. The summed E-state index contributed by atoms with van der Waals surface area (Å²) < 4.78 is 15.8. The van der Waals surface area contributed by atoms with Crippen molar-refractivity contribution in [2.24, 2.45) is 5.92 Å². The van der Waals surface area contributed by atoms with Crippen LogP contribution >= 0.6 is 0 Å². The Bertz CT molecular complexity index is 1250. The molecule has 2 saturated heterocycles. The number of piperazine rings is 1. The number of benzene rings is 1. The number of fused-ring (bicyclic) bond motifs is 1. The Morgan fingerprint density at radius 3 is 2.62 bits per heavy atom. The van der Waals surface area contributed by atoms with Gasteiger partial charge in [0.1, 0.15) is 11.3 Å². The Kier molecular flexibility index (Phi) is 6.17. The summed E-state index contributed by atoms with van der Waals surface area (Å²) in [5.74, 6) is 0.0797. The van der Waals surface area contributed by atoms with Crippen molar-refractivity contribution < 1.29 is 9.18 Å². The van der Waals surface area contributed by atoms with Crippen LogP contribution in [0.1, 0.15) is 19.8 Å². The van der Waals surface area contributed by atoms with E-state index < -0.39 is 0 Å². The molecule has 2 aliphatic rings. The lowest BCUT2D eigenvalue weighted by atomic mass is 9.96. The highest BCUT2D eigenvalue weighted by atomic mass is 19.1. The Morgan fingerprint density at radius 2 is 1.85 bits per heavy atom. The lowest BCUT2D eigenvalue weighted by molar-refractivity contribution is -0.136. The first-order valence-electron chi connectivity index (χ1n) is 12.0. The minimum Gasteiger partial charge on any atom is -0.366 e. The molecule has 2 aromatic heterocycles. The Balaban J connectivity index is 1.30. The van der Waals surface area contributed by atoms with Crippen molar-refractivity contribution in [2.75, 3.05) is 49.1 Å². The molecule has 0 N–H and O–H groups in total. The molecule has 178 valence electrons. The van der Waals surface area contributed by atoms with Crippen LogP contribution in [0, 0.1) is 11.7 Å². The zero-order valence-electron chi connectivity index (χ0n) is 19.4. The van der Waals surface area contributed by atoms with E-state index in [0.717, 1.165) is 12.8 Å². The Labute approximate surface area is 197 Å². The maximum Gasteiger partial charge on any atom is 0.295 e. The summed E-state index contributed by atoms with van der Waals surface area (Å²) in [6.07, 6.45) is 3.28. The van der Waals surface area contributed by atoms with Gasteiger partial charge in [-0.15, -0.1) is 0 Å². The average molecular weight is 465 g/mol. The van der Waals surface area contributed by atoms with Gasteiger partial charge in [0.2, 0.25) is 5.91 Å². The van der Waals surface area contributed by atoms with Gasteiger partial charge in [-0.1, -0.05) is 12.1 Å². The van der Waals surface area contributed by atoms with Crippen LogP contribution in [0.25, 0.3) is 11.2 Å².